The summed E-state index contributed by atoms with van der Waals surface area (Å²) in [5.41, 5.74) is 9.76. The molecule has 0 spiro atoms. The maximum Gasteiger partial charge on any atom is 0.331 e. The van der Waals surface area contributed by atoms with E-state index in [4.69, 9.17) is 5.73 Å². The van der Waals surface area contributed by atoms with Crippen LogP contribution in [-0.2, 0) is 13.6 Å². The number of benzene rings is 2. The molecule has 4 N–H and O–H groups in total. The van der Waals surface area contributed by atoms with E-state index in [1.54, 1.807) is 4.57 Å². The van der Waals surface area contributed by atoms with E-state index in [0.717, 1.165) is 59.1 Å². The fraction of sp³-hybridized carbons (Fsp3) is 0.231. The topological polar surface area (TPSA) is 109 Å². The van der Waals surface area contributed by atoms with Crippen LogP contribution in [0.4, 0.5) is 0 Å². The SMILES string of the molecule is Cn1cc(-n2c(-c3cn(CCCNCCN)c4ccccc34)c(C#N)[nH]c2=O)c2ccccc21. The Balaban J connectivity index is 1.69. The molecule has 0 saturated heterocycles. The van der Waals surface area contributed by atoms with E-state index in [0.29, 0.717) is 12.2 Å². The first-order chi connectivity index (χ1) is 16.6. The van der Waals surface area contributed by atoms with Gasteiger partial charge in [-0.1, -0.05) is 36.4 Å². The lowest BCUT2D eigenvalue weighted by Gasteiger charge is -2.07. The van der Waals surface area contributed by atoms with Crippen LogP contribution in [0.1, 0.15) is 12.1 Å². The Labute approximate surface area is 196 Å². The highest BCUT2D eigenvalue weighted by Crippen LogP contribution is 2.35. The molecule has 3 heterocycles. The van der Waals surface area contributed by atoms with Crippen LogP contribution in [0.2, 0.25) is 0 Å². The molecule has 5 rings (SSSR count). The minimum atomic E-state index is -0.328. The summed E-state index contributed by atoms with van der Waals surface area (Å²) in [4.78, 5) is 16.0. The summed E-state index contributed by atoms with van der Waals surface area (Å²) in [6, 6.07) is 18.3. The van der Waals surface area contributed by atoms with Crippen LogP contribution in [0.5, 0.6) is 0 Å². The van der Waals surface area contributed by atoms with Crippen LogP contribution in [0.15, 0.2) is 65.7 Å². The van der Waals surface area contributed by atoms with Gasteiger partial charge in [0.1, 0.15) is 11.8 Å². The van der Waals surface area contributed by atoms with Crippen molar-refractivity contribution in [3.05, 3.63) is 77.1 Å². The Morgan fingerprint density at radius 3 is 2.53 bits per heavy atom. The summed E-state index contributed by atoms with van der Waals surface area (Å²) in [6.07, 6.45) is 4.93. The van der Waals surface area contributed by atoms with Crippen LogP contribution in [-0.4, -0.2) is 38.3 Å². The third kappa shape index (κ3) is 3.61. The number of imidazole rings is 1. The number of fused-ring (bicyclic) bond motifs is 2. The molecule has 0 unspecified atom stereocenters. The molecule has 8 nitrogen and oxygen atoms in total. The van der Waals surface area contributed by atoms with E-state index in [1.165, 1.54) is 0 Å². The van der Waals surface area contributed by atoms with Crippen molar-refractivity contribution in [3.63, 3.8) is 0 Å². The molecule has 0 aliphatic rings. The molecule has 34 heavy (non-hydrogen) atoms. The number of nitrogens with zero attached hydrogens (tertiary/aromatic N) is 4. The molecule has 5 aromatic rings. The molecule has 0 aliphatic carbocycles. The lowest BCUT2D eigenvalue weighted by atomic mass is 10.1. The van der Waals surface area contributed by atoms with E-state index in [9.17, 15) is 10.1 Å². The van der Waals surface area contributed by atoms with Crippen LogP contribution < -0.4 is 16.7 Å². The summed E-state index contributed by atoms with van der Waals surface area (Å²) >= 11 is 0. The highest BCUT2D eigenvalue weighted by atomic mass is 16.1. The Morgan fingerprint density at radius 1 is 1.03 bits per heavy atom. The second-order valence-corrected chi connectivity index (χ2v) is 8.39. The van der Waals surface area contributed by atoms with Gasteiger partial charge in [-0.15, -0.1) is 0 Å². The molecule has 0 fully saturated rings. The van der Waals surface area contributed by atoms with Crippen molar-refractivity contribution in [1.82, 2.24) is 24.0 Å². The highest BCUT2D eigenvalue weighted by molar-refractivity contribution is 5.98. The van der Waals surface area contributed by atoms with E-state index in [2.05, 4.69) is 33.2 Å². The van der Waals surface area contributed by atoms with Crippen molar-refractivity contribution in [2.75, 3.05) is 19.6 Å². The van der Waals surface area contributed by atoms with E-state index in [1.807, 2.05) is 60.3 Å². The zero-order valence-corrected chi connectivity index (χ0v) is 19.1. The van der Waals surface area contributed by atoms with Gasteiger partial charge in [0.15, 0.2) is 0 Å². The second kappa shape index (κ2) is 9.06. The van der Waals surface area contributed by atoms with Gasteiger partial charge < -0.3 is 20.2 Å². The number of nitriles is 1. The van der Waals surface area contributed by atoms with Crippen LogP contribution in [0.25, 0.3) is 38.8 Å². The molecule has 172 valence electrons. The molecule has 0 amide bonds. The number of para-hydroxylation sites is 2. The van der Waals surface area contributed by atoms with Crippen molar-refractivity contribution in [3.8, 4) is 23.0 Å². The number of aryl methyl sites for hydroxylation is 2. The van der Waals surface area contributed by atoms with Crippen molar-refractivity contribution in [2.24, 2.45) is 12.8 Å². The Morgan fingerprint density at radius 2 is 1.76 bits per heavy atom. The van der Waals surface area contributed by atoms with E-state index >= 15 is 0 Å². The quantitative estimate of drug-likeness (QED) is 0.314. The number of hydrogen-bond acceptors (Lipinski definition) is 4. The van der Waals surface area contributed by atoms with Gasteiger partial charge in [-0.2, -0.15) is 5.26 Å². The lowest BCUT2D eigenvalue weighted by Crippen LogP contribution is -2.24. The summed E-state index contributed by atoms with van der Waals surface area (Å²) in [5.74, 6) is 0. The minimum absolute atomic E-state index is 0.255. The number of hydrogen-bond donors (Lipinski definition) is 3. The number of H-pyrrole nitrogens is 1. The predicted octanol–water partition coefficient (Wildman–Crippen LogP) is 3.09. The fourth-order valence-corrected chi connectivity index (χ4v) is 4.72. The standard InChI is InChI=1S/C26H27N7O/c1-31-17-24(19-8-3-4-9-22(19)31)33-25(21(15-28)30-26(33)34)20-16-32(14-6-12-29-13-11-27)23-10-5-2-7-18(20)23/h2-5,7-10,16-17,29H,6,11-14,27H2,1H3,(H,30,34). The van der Waals surface area contributed by atoms with Gasteiger partial charge in [-0.25, -0.2) is 4.79 Å². The molecule has 2 aromatic carbocycles. The summed E-state index contributed by atoms with van der Waals surface area (Å²) in [5, 5.41) is 15.2. The average Bonchev–Trinajstić information content (AvgIpc) is 3.50. The number of aromatic amines is 1. The van der Waals surface area contributed by atoms with Gasteiger partial charge in [0.25, 0.3) is 0 Å². The average molecular weight is 454 g/mol. The molecule has 3 aromatic heterocycles. The Bertz CT molecular complexity index is 1570. The van der Waals surface area contributed by atoms with Crippen molar-refractivity contribution in [2.45, 2.75) is 13.0 Å². The second-order valence-electron chi connectivity index (χ2n) is 8.39. The van der Waals surface area contributed by atoms with Gasteiger partial charge in [0.2, 0.25) is 0 Å². The summed E-state index contributed by atoms with van der Waals surface area (Å²) in [7, 11) is 1.96. The molecule has 0 radical (unpaired) electrons. The van der Waals surface area contributed by atoms with Crippen molar-refractivity contribution >= 4 is 21.8 Å². The number of nitrogens with one attached hydrogen (secondary N) is 2. The maximum atomic E-state index is 13.2. The first-order valence-corrected chi connectivity index (χ1v) is 11.4. The van der Waals surface area contributed by atoms with Gasteiger partial charge >= 0.3 is 5.69 Å². The van der Waals surface area contributed by atoms with Gasteiger partial charge in [-0.05, 0) is 25.1 Å². The largest absolute Gasteiger partial charge is 0.348 e. The molecule has 0 atom stereocenters. The van der Waals surface area contributed by atoms with Crippen molar-refractivity contribution < 1.29 is 0 Å². The monoisotopic (exact) mass is 453 g/mol. The zero-order valence-electron chi connectivity index (χ0n) is 19.1. The summed E-state index contributed by atoms with van der Waals surface area (Å²) < 4.78 is 5.83. The minimum Gasteiger partial charge on any atom is -0.348 e. The van der Waals surface area contributed by atoms with Crippen LogP contribution in [0.3, 0.4) is 0 Å². The molecular weight excluding hydrogens is 426 g/mol. The third-order valence-corrected chi connectivity index (χ3v) is 6.24. The first kappa shape index (κ1) is 21.8. The normalized spacial score (nSPS) is 11.4. The van der Waals surface area contributed by atoms with Gasteiger partial charge in [0, 0.05) is 66.4 Å². The number of aromatic nitrogens is 4. The summed E-state index contributed by atoms with van der Waals surface area (Å²) in [6.45, 7) is 3.09. The van der Waals surface area contributed by atoms with Crippen molar-refractivity contribution in [1.29, 1.82) is 5.26 Å². The number of nitrogens with two attached hydrogens (primary N) is 1. The molecule has 0 aliphatic heterocycles. The Hall–Kier alpha value is -4.06. The van der Waals surface area contributed by atoms with E-state index < -0.39 is 0 Å². The van der Waals surface area contributed by atoms with Gasteiger partial charge in [0.05, 0.1) is 11.4 Å². The molecule has 8 heteroatoms. The highest BCUT2D eigenvalue weighted by Gasteiger charge is 2.23. The van der Waals surface area contributed by atoms with Gasteiger partial charge in [-0.3, -0.25) is 9.55 Å². The van der Waals surface area contributed by atoms with Crippen LogP contribution >= 0.6 is 0 Å². The number of rotatable bonds is 8. The van der Waals surface area contributed by atoms with Crippen LogP contribution in [0, 0.1) is 11.3 Å². The first-order valence-electron chi connectivity index (χ1n) is 11.4. The molecule has 0 bridgehead atoms. The maximum absolute atomic E-state index is 13.2. The smallest absolute Gasteiger partial charge is 0.331 e. The predicted molar refractivity (Wildman–Crippen MR) is 135 cm³/mol. The molecule has 0 saturated carbocycles. The lowest BCUT2D eigenvalue weighted by molar-refractivity contribution is 0.595. The fourth-order valence-electron chi connectivity index (χ4n) is 4.72. The van der Waals surface area contributed by atoms with E-state index in [-0.39, 0.29) is 11.4 Å². The molecular formula is C26H27N7O. The third-order valence-electron chi connectivity index (χ3n) is 6.24. The zero-order chi connectivity index (χ0) is 23.7. The Kier molecular flexibility index (Phi) is 5.80.